The van der Waals surface area contributed by atoms with E-state index >= 15 is 0 Å². The third kappa shape index (κ3) is 2.14. The molecule has 98 valence electrons. The number of aliphatic hydroxyl groups is 1. The Balaban J connectivity index is 1.75. The Morgan fingerprint density at radius 3 is 2.67 bits per heavy atom. The number of benzene rings is 1. The second-order valence-electron chi connectivity index (χ2n) is 4.56. The predicted molar refractivity (Wildman–Crippen MR) is 60.7 cm³/mol. The monoisotopic (exact) mass is 254 g/mol. The van der Waals surface area contributed by atoms with E-state index in [0.717, 1.165) is 5.56 Å². The number of rotatable bonds is 1. The van der Waals surface area contributed by atoms with Gasteiger partial charge in [0.15, 0.2) is 12.5 Å². The van der Waals surface area contributed by atoms with Gasteiger partial charge < -0.3 is 19.3 Å². The molecule has 0 saturated carbocycles. The molecule has 4 nitrogen and oxygen atoms in total. The van der Waals surface area contributed by atoms with E-state index in [2.05, 4.69) is 0 Å². The molecule has 0 aromatic heterocycles. The number of hydrogen-bond acceptors (Lipinski definition) is 4. The summed E-state index contributed by atoms with van der Waals surface area (Å²) in [6.45, 7) is 0.194. The molecular formula is C13H15FO4. The highest BCUT2D eigenvalue weighted by Gasteiger charge is 2.45. The van der Waals surface area contributed by atoms with Crippen molar-refractivity contribution in [2.75, 3.05) is 13.2 Å². The van der Waals surface area contributed by atoms with Crippen LogP contribution in [-0.4, -0.2) is 42.8 Å². The normalized spacial score (nSPS) is 40.2. The molecular weight excluding hydrogens is 239 g/mol. The Kier molecular flexibility index (Phi) is 3.30. The van der Waals surface area contributed by atoms with Crippen LogP contribution in [-0.2, 0) is 14.2 Å². The third-order valence-corrected chi connectivity index (χ3v) is 3.31. The van der Waals surface area contributed by atoms with Crippen molar-refractivity contribution < 1.29 is 23.7 Å². The predicted octanol–water partition coefficient (Wildman–Crippen LogP) is 1.20. The molecule has 2 unspecified atom stereocenters. The first kappa shape index (κ1) is 12.0. The number of aliphatic hydroxyl groups excluding tert-OH is 1. The molecule has 0 amide bonds. The molecule has 0 spiro atoms. The molecule has 0 aliphatic carbocycles. The highest BCUT2D eigenvalue weighted by atomic mass is 19.1. The molecule has 1 aromatic carbocycles. The average molecular weight is 254 g/mol. The lowest BCUT2D eigenvalue weighted by atomic mass is 10.00. The highest BCUT2D eigenvalue weighted by Crippen LogP contribution is 2.32. The van der Waals surface area contributed by atoms with Crippen LogP contribution in [0.15, 0.2) is 30.3 Å². The van der Waals surface area contributed by atoms with Gasteiger partial charge in [-0.05, 0) is 0 Å². The van der Waals surface area contributed by atoms with Gasteiger partial charge in [0.2, 0.25) is 0 Å². The van der Waals surface area contributed by atoms with Crippen molar-refractivity contribution in [1.29, 1.82) is 0 Å². The summed E-state index contributed by atoms with van der Waals surface area (Å²) in [5.74, 6) is 0. The summed E-state index contributed by atoms with van der Waals surface area (Å²) in [4.78, 5) is 0. The van der Waals surface area contributed by atoms with Crippen molar-refractivity contribution in [3.63, 3.8) is 0 Å². The van der Waals surface area contributed by atoms with Crippen LogP contribution in [0.2, 0.25) is 0 Å². The zero-order chi connectivity index (χ0) is 12.5. The van der Waals surface area contributed by atoms with Crippen LogP contribution in [0.1, 0.15) is 11.9 Å². The highest BCUT2D eigenvalue weighted by molar-refractivity contribution is 5.16. The van der Waals surface area contributed by atoms with Gasteiger partial charge in [-0.2, -0.15) is 0 Å². The summed E-state index contributed by atoms with van der Waals surface area (Å²) < 4.78 is 29.8. The Hall–Kier alpha value is -1.01. The van der Waals surface area contributed by atoms with Crippen LogP contribution in [0.25, 0.3) is 0 Å². The van der Waals surface area contributed by atoms with Crippen molar-refractivity contribution in [3.8, 4) is 0 Å². The van der Waals surface area contributed by atoms with Crippen molar-refractivity contribution in [1.82, 2.24) is 0 Å². The van der Waals surface area contributed by atoms with Crippen molar-refractivity contribution in [3.05, 3.63) is 35.9 Å². The first-order chi connectivity index (χ1) is 8.75. The lowest BCUT2D eigenvalue weighted by Gasteiger charge is -2.42. The molecule has 2 saturated heterocycles. The van der Waals surface area contributed by atoms with E-state index in [4.69, 9.17) is 14.2 Å². The maximum Gasteiger partial charge on any atom is 0.184 e. The minimum absolute atomic E-state index is 0.106. The summed E-state index contributed by atoms with van der Waals surface area (Å²) >= 11 is 0. The van der Waals surface area contributed by atoms with Crippen LogP contribution >= 0.6 is 0 Å². The van der Waals surface area contributed by atoms with E-state index in [1.807, 2.05) is 30.3 Å². The molecule has 2 aliphatic heterocycles. The van der Waals surface area contributed by atoms with Crippen molar-refractivity contribution >= 4 is 0 Å². The fourth-order valence-electron chi connectivity index (χ4n) is 2.29. The number of ether oxygens (including phenoxy) is 3. The fourth-order valence-corrected chi connectivity index (χ4v) is 2.29. The minimum atomic E-state index is -1.40. The molecule has 5 heteroatoms. The molecule has 2 heterocycles. The molecule has 2 aliphatic rings. The van der Waals surface area contributed by atoms with Gasteiger partial charge in [-0.15, -0.1) is 0 Å². The maximum atomic E-state index is 13.4. The van der Waals surface area contributed by atoms with Gasteiger partial charge in [0.05, 0.1) is 13.2 Å². The van der Waals surface area contributed by atoms with Gasteiger partial charge in [0.25, 0.3) is 0 Å². The SMILES string of the molecule is O[C@H]1[C@@H]2OC(c3ccccc3)OCC2OC[C@@H]1F. The summed E-state index contributed by atoms with van der Waals surface area (Å²) in [6.07, 6.45) is -4.20. The van der Waals surface area contributed by atoms with E-state index in [0.29, 0.717) is 6.61 Å². The number of fused-ring (bicyclic) bond motifs is 1. The third-order valence-electron chi connectivity index (χ3n) is 3.31. The van der Waals surface area contributed by atoms with Gasteiger partial charge in [-0.3, -0.25) is 0 Å². The maximum absolute atomic E-state index is 13.4. The second kappa shape index (κ2) is 4.93. The lowest BCUT2D eigenvalue weighted by molar-refractivity contribution is -0.308. The van der Waals surface area contributed by atoms with Gasteiger partial charge >= 0.3 is 0 Å². The Morgan fingerprint density at radius 2 is 1.89 bits per heavy atom. The molecule has 1 aromatic rings. The number of hydrogen-bond donors (Lipinski definition) is 1. The lowest BCUT2D eigenvalue weighted by Crippen LogP contribution is -2.57. The molecule has 0 radical (unpaired) electrons. The van der Waals surface area contributed by atoms with Crippen LogP contribution in [0.3, 0.4) is 0 Å². The van der Waals surface area contributed by atoms with E-state index in [1.54, 1.807) is 0 Å². The topological polar surface area (TPSA) is 47.9 Å². The van der Waals surface area contributed by atoms with E-state index in [1.165, 1.54) is 0 Å². The molecule has 18 heavy (non-hydrogen) atoms. The van der Waals surface area contributed by atoms with Crippen molar-refractivity contribution in [2.24, 2.45) is 0 Å². The molecule has 5 atom stereocenters. The van der Waals surface area contributed by atoms with Crippen LogP contribution < -0.4 is 0 Å². The fraction of sp³-hybridized carbons (Fsp3) is 0.538. The summed E-state index contributed by atoms with van der Waals surface area (Å²) in [7, 11) is 0. The van der Waals surface area contributed by atoms with Gasteiger partial charge in [-0.1, -0.05) is 30.3 Å². The zero-order valence-electron chi connectivity index (χ0n) is 9.74. The minimum Gasteiger partial charge on any atom is -0.387 e. The average Bonchev–Trinajstić information content (AvgIpc) is 2.44. The summed E-state index contributed by atoms with van der Waals surface area (Å²) in [5.41, 5.74) is 0.851. The first-order valence-electron chi connectivity index (χ1n) is 6.01. The smallest absolute Gasteiger partial charge is 0.184 e. The summed E-state index contributed by atoms with van der Waals surface area (Å²) in [5, 5.41) is 9.80. The van der Waals surface area contributed by atoms with Gasteiger partial charge in [-0.25, -0.2) is 4.39 Å². The Labute approximate surface area is 104 Å². The molecule has 1 N–H and O–H groups in total. The quantitative estimate of drug-likeness (QED) is 0.818. The Bertz CT molecular complexity index is 397. The van der Waals surface area contributed by atoms with Gasteiger partial charge in [0.1, 0.15) is 18.3 Å². The van der Waals surface area contributed by atoms with Gasteiger partial charge in [0, 0.05) is 5.56 Å². The van der Waals surface area contributed by atoms with E-state index < -0.39 is 30.8 Å². The van der Waals surface area contributed by atoms with Crippen molar-refractivity contribution in [2.45, 2.75) is 30.8 Å². The van der Waals surface area contributed by atoms with Crippen LogP contribution in [0.5, 0.6) is 0 Å². The summed E-state index contributed by atoms with van der Waals surface area (Å²) in [6, 6.07) is 9.38. The zero-order valence-corrected chi connectivity index (χ0v) is 9.74. The molecule has 0 bridgehead atoms. The van der Waals surface area contributed by atoms with Crippen LogP contribution in [0.4, 0.5) is 4.39 Å². The number of halogens is 1. The number of alkyl halides is 1. The first-order valence-corrected chi connectivity index (χ1v) is 6.01. The molecule has 3 rings (SSSR count). The second-order valence-corrected chi connectivity index (χ2v) is 4.56. The molecule has 2 fully saturated rings. The van der Waals surface area contributed by atoms with E-state index in [9.17, 15) is 9.50 Å². The Morgan fingerprint density at radius 1 is 1.11 bits per heavy atom. The van der Waals surface area contributed by atoms with Crippen LogP contribution in [0, 0.1) is 0 Å². The van der Waals surface area contributed by atoms with E-state index in [-0.39, 0.29) is 6.61 Å². The standard InChI is InChI=1S/C13H15FO4/c14-9-6-16-10-7-17-13(18-12(10)11(9)15)8-4-2-1-3-5-8/h1-5,9-13,15H,6-7H2/t9-,10?,11+,12+,13?/m0/s1. The largest absolute Gasteiger partial charge is 0.387 e.